The number of pyridine rings is 1. The molecule has 0 bridgehead atoms. The molecule has 3 nitrogen and oxygen atoms in total. The van der Waals surface area contributed by atoms with Crippen molar-refractivity contribution in [2.75, 3.05) is 0 Å². The molecule has 0 atom stereocenters. The van der Waals surface area contributed by atoms with Crippen molar-refractivity contribution >= 4 is 16.8 Å². The van der Waals surface area contributed by atoms with Crippen LogP contribution in [0.15, 0.2) is 6.07 Å². The van der Waals surface area contributed by atoms with Crippen LogP contribution in [-0.2, 0) is 12.7 Å². The summed E-state index contributed by atoms with van der Waals surface area (Å²) in [6.07, 6.45) is -8.19. The van der Waals surface area contributed by atoms with Crippen molar-refractivity contribution in [3.8, 4) is 0 Å². The number of alkyl halides is 5. The van der Waals surface area contributed by atoms with E-state index in [4.69, 9.17) is 17.3 Å². The number of rotatable bonds is 3. The fraction of sp³-hybridized carbons (Fsp3) is 0.333. The molecule has 2 N–H and O–H groups in total. The summed E-state index contributed by atoms with van der Waals surface area (Å²) < 4.78 is 62.8. The summed E-state index contributed by atoms with van der Waals surface area (Å²) in [4.78, 5) is 14.0. The van der Waals surface area contributed by atoms with Crippen LogP contribution in [0.5, 0.6) is 0 Å². The molecule has 1 heterocycles. The first kappa shape index (κ1) is 14.8. The summed E-state index contributed by atoms with van der Waals surface area (Å²) in [6.45, 7) is -0.533. The lowest BCUT2D eigenvalue weighted by atomic mass is 10.1. The Labute approximate surface area is 103 Å². The molecule has 0 radical (unpaired) electrons. The van der Waals surface area contributed by atoms with Gasteiger partial charge in [0, 0.05) is 12.1 Å². The highest BCUT2D eigenvalue weighted by Gasteiger charge is 2.37. The van der Waals surface area contributed by atoms with Gasteiger partial charge in [-0.05, 0) is 17.7 Å². The average Bonchev–Trinajstić information content (AvgIpc) is 2.25. The number of aromatic nitrogens is 1. The van der Waals surface area contributed by atoms with Gasteiger partial charge in [-0.15, -0.1) is 0 Å². The highest BCUT2D eigenvalue weighted by molar-refractivity contribution is 6.67. The number of hydrogen-bond donors (Lipinski definition) is 1. The van der Waals surface area contributed by atoms with E-state index >= 15 is 0 Å². The van der Waals surface area contributed by atoms with Gasteiger partial charge >= 0.3 is 6.18 Å². The van der Waals surface area contributed by atoms with E-state index in [9.17, 15) is 26.7 Å². The molecule has 100 valence electrons. The Hall–Kier alpha value is -1.28. The molecule has 0 saturated heterocycles. The van der Waals surface area contributed by atoms with Crippen molar-refractivity contribution in [1.29, 1.82) is 0 Å². The number of nitrogens with zero attached hydrogens (tertiary/aromatic N) is 1. The van der Waals surface area contributed by atoms with E-state index in [2.05, 4.69) is 4.98 Å². The van der Waals surface area contributed by atoms with Gasteiger partial charge in [-0.1, -0.05) is 0 Å². The Morgan fingerprint density at radius 3 is 2.33 bits per heavy atom. The number of halogens is 6. The van der Waals surface area contributed by atoms with Gasteiger partial charge in [0.05, 0.1) is 11.3 Å². The fourth-order valence-electron chi connectivity index (χ4n) is 1.29. The monoisotopic (exact) mass is 288 g/mol. The van der Waals surface area contributed by atoms with Gasteiger partial charge in [-0.3, -0.25) is 4.79 Å². The van der Waals surface area contributed by atoms with Crippen LogP contribution in [-0.4, -0.2) is 10.2 Å². The number of nitrogens with two attached hydrogens (primary N) is 1. The van der Waals surface area contributed by atoms with Crippen molar-refractivity contribution in [3.05, 3.63) is 28.6 Å². The van der Waals surface area contributed by atoms with Crippen molar-refractivity contribution in [3.63, 3.8) is 0 Å². The lowest BCUT2D eigenvalue weighted by Gasteiger charge is -2.14. The molecular weight excluding hydrogens is 283 g/mol. The van der Waals surface area contributed by atoms with Gasteiger partial charge in [0.2, 0.25) is 0 Å². The summed E-state index contributed by atoms with van der Waals surface area (Å²) in [7, 11) is 0. The van der Waals surface area contributed by atoms with Crippen LogP contribution in [0.25, 0.3) is 0 Å². The zero-order valence-electron chi connectivity index (χ0n) is 8.56. The first-order valence-electron chi connectivity index (χ1n) is 4.47. The van der Waals surface area contributed by atoms with Crippen LogP contribution in [0.4, 0.5) is 22.0 Å². The van der Waals surface area contributed by atoms with Gasteiger partial charge in [-0.2, -0.15) is 13.2 Å². The molecule has 1 aromatic heterocycles. The van der Waals surface area contributed by atoms with Crippen LogP contribution in [0.3, 0.4) is 0 Å². The molecule has 1 rings (SSSR count). The molecule has 0 fully saturated rings. The third-order valence-electron chi connectivity index (χ3n) is 2.05. The van der Waals surface area contributed by atoms with E-state index in [0.29, 0.717) is 0 Å². The van der Waals surface area contributed by atoms with Crippen molar-refractivity contribution in [2.24, 2.45) is 5.73 Å². The maximum absolute atomic E-state index is 12.6. The van der Waals surface area contributed by atoms with Crippen molar-refractivity contribution in [1.82, 2.24) is 4.98 Å². The van der Waals surface area contributed by atoms with Crippen molar-refractivity contribution < 1.29 is 26.7 Å². The third kappa shape index (κ3) is 2.94. The molecule has 0 amide bonds. The van der Waals surface area contributed by atoms with Gasteiger partial charge in [0.1, 0.15) is 5.69 Å². The second-order valence-electron chi connectivity index (χ2n) is 3.20. The molecule has 1 aromatic rings. The zero-order chi connectivity index (χ0) is 14.1. The fourth-order valence-corrected chi connectivity index (χ4v) is 1.43. The average molecular weight is 289 g/mol. The zero-order valence-corrected chi connectivity index (χ0v) is 9.32. The largest absolute Gasteiger partial charge is 0.418 e. The van der Waals surface area contributed by atoms with E-state index in [1.165, 1.54) is 0 Å². The summed E-state index contributed by atoms with van der Waals surface area (Å²) in [5.41, 5.74) is 0.888. The number of carbonyl (C=O) groups is 1. The summed E-state index contributed by atoms with van der Waals surface area (Å²) in [6, 6.07) is 0.148. The molecule has 0 saturated carbocycles. The molecule has 0 aliphatic carbocycles. The van der Waals surface area contributed by atoms with Gasteiger partial charge in [0.15, 0.2) is 0 Å². The third-order valence-corrected chi connectivity index (χ3v) is 2.23. The quantitative estimate of drug-likeness (QED) is 0.687. The summed E-state index contributed by atoms with van der Waals surface area (Å²) >= 11 is 4.95. The Morgan fingerprint density at radius 2 is 2.00 bits per heavy atom. The minimum absolute atomic E-state index is 0.148. The number of hydrogen-bond acceptors (Lipinski definition) is 3. The molecule has 0 unspecified atom stereocenters. The predicted molar refractivity (Wildman–Crippen MR) is 52.3 cm³/mol. The molecule has 0 spiro atoms. The van der Waals surface area contributed by atoms with Crippen LogP contribution in [0, 0.1) is 0 Å². The summed E-state index contributed by atoms with van der Waals surface area (Å²) in [5.74, 6) is 0. The molecule has 0 aromatic carbocycles. The van der Waals surface area contributed by atoms with Crippen molar-refractivity contribution in [2.45, 2.75) is 19.1 Å². The lowest BCUT2D eigenvalue weighted by Crippen LogP contribution is -2.17. The lowest BCUT2D eigenvalue weighted by molar-refractivity contribution is -0.138. The van der Waals surface area contributed by atoms with Gasteiger partial charge in [-0.25, -0.2) is 13.8 Å². The van der Waals surface area contributed by atoms with E-state index < -0.39 is 46.9 Å². The molecular formula is C9H6ClF5N2O. The maximum atomic E-state index is 12.6. The van der Waals surface area contributed by atoms with Crippen LogP contribution >= 0.6 is 11.6 Å². The maximum Gasteiger partial charge on any atom is 0.418 e. The minimum atomic E-state index is -5.01. The first-order valence-corrected chi connectivity index (χ1v) is 4.85. The van der Waals surface area contributed by atoms with E-state index in [0.717, 1.165) is 0 Å². The molecule has 18 heavy (non-hydrogen) atoms. The topological polar surface area (TPSA) is 56.0 Å². The Morgan fingerprint density at radius 1 is 1.44 bits per heavy atom. The standard InChI is InChI=1S/C9H6ClF5N2O/c10-7(18)6-4(9(13,14)15)1-3(8(11)12)5(2-16)17-6/h1,8H,2,16H2. The molecule has 0 aliphatic rings. The van der Waals surface area contributed by atoms with Gasteiger partial charge in [0.25, 0.3) is 11.7 Å². The van der Waals surface area contributed by atoms with Crippen LogP contribution in [0.1, 0.15) is 33.7 Å². The predicted octanol–water partition coefficient (Wildman–Crippen LogP) is 2.88. The van der Waals surface area contributed by atoms with E-state index in [-0.39, 0.29) is 6.07 Å². The minimum Gasteiger partial charge on any atom is -0.325 e. The van der Waals surface area contributed by atoms with E-state index in [1.807, 2.05) is 0 Å². The highest BCUT2D eigenvalue weighted by Crippen LogP contribution is 2.35. The SMILES string of the molecule is NCc1nc(C(=O)Cl)c(C(F)(F)F)cc1C(F)F. The second kappa shape index (κ2) is 5.15. The van der Waals surface area contributed by atoms with Crippen LogP contribution in [0.2, 0.25) is 0 Å². The highest BCUT2D eigenvalue weighted by atomic mass is 35.5. The van der Waals surface area contributed by atoms with E-state index in [1.54, 1.807) is 0 Å². The Balaban J connectivity index is 3.58. The smallest absolute Gasteiger partial charge is 0.325 e. The first-order chi connectivity index (χ1) is 8.18. The second-order valence-corrected chi connectivity index (χ2v) is 3.54. The van der Waals surface area contributed by atoms with Crippen LogP contribution < -0.4 is 5.73 Å². The number of carbonyl (C=O) groups excluding carboxylic acids is 1. The Kier molecular flexibility index (Phi) is 4.23. The van der Waals surface area contributed by atoms with Gasteiger partial charge < -0.3 is 5.73 Å². The Bertz CT molecular complexity index is 475. The molecule has 9 heteroatoms. The molecule has 0 aliphatic heterocycles. The normalized spacial score (nSPS) is 12.0. The summed E-state index contributed by atoms with van der Waals surface area (Å²) in [5, 5.41) is -1.49.